The fourth-order valence-electron chi connectivity index (χ4n) is 2.78. The van der Waals surface area contributed by atoms with Crippen LogP contribution in [0.4, 0.5) is 5.69 Å². The van der Waals surface area contributed by atoms with Crippen molar-refractivity contribution in [2.24, 2.45) is 0 Å². The summed E-state index contributed by atoms with van der Waals surface area (Å²) in [6, 6.07) is 9.18. The molecule has 0 spiro atoms. The number of nitro groups is 1. The molecule has 0 saturated carbocycles. The van der Waals surface area contributed by atoms with Crippen molar-refractivity contribution < 1.29 is 18.9 Å². The zero-order valence-corrected chi connectivity index (χ0v) is 16.4. The molecule has 0 N–H and O–H groups in total. The van der Waals surface area contributed by atoms with Gasteiger partial charge in [-0.15, -0.1) is 0 Å². The van der Waals surface area contributed by atoms with Crippen LogP contribution >= 0.6 is 11.6 Å². The van der Waals surface area contributed by atoms with E-state index in [-0.39, 0.29) is 17.3 Å². The van der Waals surface area contributed by atoms with Crippen LogP contribution in [0.3, 0.4) is 0 Å². The maximum absolute atomic E-state index is 12.0. The van der Waals surface area contributed by atoms with Crippen molar-refractivity contribution in [1.82, 2.24) is 0 Å². The predicted octanol–water partition coefficient (Wildman–Crippen LogP) is 4.73. The number of ether oxygens (including phenoxy) is 1. The van der Waals surface area contributed by atoms with Crippen molar-refractivity contribution in [3.63, 3.8) is 0 Å². The van der Waals surface area contributed by atoms with Crippen molar-refractivity contribution in [2.45, 2.75) is 20.5 Å². The van der Waals surface area contributed by atoms with Crippen molar-refractivity contribution in [1.29, 1.82) is 0 Å². The van der Waals surface area contributed by atoms with Gasteiger partial charge in [-0.25, -0.2) is 9.59 Å². The summed E-state index contributed by atoms with van der Waals surface area (Å²) in [5.41, 5.74) is 2.47. The van der Waals surface area contributed by atoms with E-state index in [2.05, 4.69) is 0 Å². The van der Waals surface area contributed by atoms with Crippen LogP contribution in [0.15, 0.2) is 51.7 Å². The van der Waals surface area contributed by atoms with Gasteiger partial charge in [0.2, 0.25) is 0 Å². The zero-order chi connectivity index (χ0) is 21.1. The van der Waals surface area contributed by atoms with E-state index in [1.165, 1.54) is 24.3 Å². The summed E-state index contributed by atoms with van der Waals surface area (Å²) in [6.07, 6.45) is 2.53. The lowest BCUT2D eigenvalue weighted by Gasteiger charge is -2.09. The van der Waals surface area contributed by atoms with Gasteiger partial charge in [-0.1, -0.05) is 29.8 Å². The SMILES string of the molecule is Cc1ccc2c(COC(=O)/C=C/c3ccc(Cl)c([N+](=O)[O-])c3)cc(=O)oc2c1C. The fraction of sp³-hybridized carbons (Fsp3) is 0.143. The Kier molecular flexibility index (Phi) is 5.79. The van der Waals surface area contributed by atoms with Crippen LogP contribution in [0.2, 0.25) is 5.02 Å². The molecule has 1 heterocycles. The van der Waals surface area contributed by atoms with Gasteiger partial charge >= 0.3 is 11.6 Å². The van der Waals surface area contributed by atoms with E-state index >= 15 is 0 Å². The monoisotopic (exact) mass is 413 g/mol. The lowest BCUT2D eigenvalue weighted by Crippen LogP contribution is -2.06. The van der Waals surface area contributed by atoms with E-state index < -0.39 is 16.5 Å². The lowest BCUT2D eigenvalue weighted by atomic mass is 10.0. The molecule has 0 saturated heterocycles. The van der Waals surface area contributed by atoms with Crippen LogP contribution in [0.25, 0.3) is 17.0 Å². The van der Waals surface area contributed by atoms with Crippen LogP contribution < -0.4 is 5.63 Å². The van der Waals surface area contributed by atoms with Gasteiger partial charge in [-0.05, 0) is 42.7 Å². The summed E-state index contributed by atoms with van der Waals surface area (Å²) in [7, 11) is 0. The Labute approximate surface area is 170 Å². The molecule has 8 heteroatoms. The van der Waals surface area contributed by atoms with Crippen molar-refractivity contribution in [3.8, 4) is 0 Å². The molecule has 0 bridgehead atoms. The number of hydrogen-bond donors (Lipinski definition) is 0. The van der Waals surface area contributed by atoms with E-state index in [4.69, 9.17) is 20.8 Å². The number of carbonyl (C=O) groups excluding carboxylic acids is 1. The third-order valence-electron chi connectivity index (χ3n) is 4.47. The minimum atomic E-state index is -0.659. The Bertz CT molecular complexity index is 1210. The fourth-order valence-corrected chi connectivity index (χ4v) is 2.97. The van der Waals surface area contributed by atoms with Gasteiger partial charge in [0.15, 0.2) is 0 Å². The highest BCUT2D eigenvalue weighted by atomic mass is 35.5. The first-order valence-electron chi connectivity index (χ1n) is 8.58. The van der Waals surface area contributed by atoms with Gasteiger partial charge in [0.05, 0.1) is 4.92 Å². The first kappa shape index (κ1) is 20.3. The maximum atomic E-state index is 12.0. The van der Waals surface area contributed by atoms with Gasteiger partial charge in [0, 0.05) is 29.2 Å². The highest BCUT2D eigenvalue weighted by Crippen LogP contribution is 2.26. The number of rotatable bonds is 5. The number of benzene rings is 2. The molecule has 0 atom stereocenters. The minimum Gasteiger partial charge on any atom is -0.458 e. The molecule has 0 fully saturated rings. The standard InChI is InChI=1S/C21H16ClNO6/c1-12-3-6-16-15(10-20(25)29-21(16)13(12)2)11-28-19(24)8-5-14-4-7-17(22)18(9-14)23(26)27/h3-10H,11H2,1-2H3/b8-5+. The normalized spacial score (nSPS) is 11.1. The highest BCUT2D eigenvalue weighted by Gasteiger charge is 2.13. The average Bonchev–Trinajstić information content (AvgIpc) is 2.68. The van der Waals surface area contributed by atoms with Gasteiger partial charge < -0.3 is 9.15 Å². The summed E-state index contributed by atoms with van der Waals surface area (Å²) in [6.45, 7) is 3.65. The van der Waals surface area contributed by atoms with E-state index in [1.54, 1.807) is 6.07 Å². The summed E-state index contributed by atoms with van der Waals surface area (Å²) in [4.78, 5) is 34.2. The summed E-state index contributed by atoms with van der Waals surface area (Å²) in [5.74, 6) is -0.659. The molecule has 2 aromatic carbocycles. The van der Waals surface area contributed by atoms with Gasteiger partial charge in [0.25, 0.3) is 5.69 Å². The number of aryl methyl sites for hydroxylation is 2. The molecule has 148 valence electrons. The summed E-state index contributed by atoms with van der Waals surface area (Å²) in [5, 5.41) is 11.6. The molecule has 0 amide bonds. The topological polar surface area (TPSA) is 99.6 Å². The molecular formula is C21H16ClNO6. The highest BCUT2D eigenvalue weighted by molar-refractivity contribution is 6.32. The molecule has 3 rings (SSSR count). The quantitative estimate of drug-likeness (QED) is 0.197. The lowest BCUT2D eigenvalue weighted by molar-refractivity contribution is -0.384. The molecule has 1 aromatic heterocycles. The Morgan fingerprint density at radius 3 is 2.72 bits per heavy atom. The molecule has 3 aromatic rings. The van der Waals surface area contributed by atoms with Crippen molar-refractivity contribution in [2.75, 3.05) is 0 Å². The Hall–Kier alpha value is -3.45. The van der Waals surface area contributed by atoms with Crippen LogP contribution in [-0.2, 0) is 16.1 Å². The number of fused-ring (bicyclic) bond motifs is 1. The van der Waals surface area contributed by atoms with E-state index in [1.807, 2.05) is 26.0 Å². The summed E-state index contributed by atoms with van der Waals surface area (Å²) >= 11 is 5.76. The third kappa shape index (κ3) is 4.52. The summed E-state index contributed by atoms with van der Waals surface area (Å²) < 4.78 is 10.5. The van der Waals surface area contributed by atoms with Gasteiger partial charge in [0.1, 0.15) is 17.2 Å². The molecule has 0 radical (unpaired) electrons. The van der Waals surface area contributed by atoms with Gasteiger partial charge in [-0.3, -0.25) is 10.1 Å². The molecule has 7 nitrogen and oxygen atoms in total. The Morgan fingerprint density at radius 1 is 1.24 bits per heavy atom. The number of hydrogen-bond acceptors (Lipinski definition) is 6. The number of carbonyl (C=O) groups is 1. The number of esters is 1. The van der Waals surface area contributed by atoms with E-state index in [9.17, 15) is 19.7 Å². The van der Waals surface area contributed by atoms with Crippen LogP contribution in [0.1, 0.15) is 22.3 Å². The zero-order valence-electron chi connectivity index (χ0n) is 15.6. The van der Waals surface area contributed by atoms with Crippen molar-refractivity contribution in [3.05, 3.63) is 90.3 Å². The Morgan fingerprint density at radius 2 is 2.00 bits per heavy atom. The van der Waals surface area contributed by atoms with Crippen LogP contribution in [0.5, 0.6) is 0 Å². The molecule has 0 aliphatic heterocycles. The minimum absolute atomic E-state index is 0.00930. The number of nitrogens with zero attached hydrogens (tertiary/aromatic N) is 1. The molecule has 0 aliphatic rings. The molecular weight excluding hydrogens is 398 g/mol. The first-order chi connectivity index (χ1) is 13.8. The molecule has 0 unspecified atom stereocenters. The van der Waals surface area contributed by atoms with E-state index in [0.29, 0.717) is 22.1 Å². The smallest absolute Gasteiger partial charge is 0.336 e. The largest absolute Gasteiger partial charge is 0.458 e. The Balaban J connectivity index is 1.77. The first-order valence-corrected chi connectivity index (χ1v) is 8.96. The number of halogens is 1. The third-order valence-corrected chi connectivity index (χ3v) is 4.79. The van der Waals surface area contributed by atoms with Crippen LogP contribution in [-0.4, -0.2) is 10.9 Å². The van der Waals surface area contributed by atoms with E-state index in [0.717, 1.165) is 17.2 Å². The maximum Gasteiger partial charge on any atom is 0.336 e. The second kappa shape index (κ2) is 8.28. The predicted molar refractivity (Wildman–Crippen MR) is 109 cm³/mol. The van der Waals surface area contributed by atoms with Crippen molar-refractivity contribution >= 4 is 40.3 Å². The average molecular weight is 414 g/mol. The van der Waals surface area contributed by atoms with Crippen LogP contribution in [0, 0.1) is 24.0 Å². The number of nitro benzene ring substituents is 1. The molecule has 29 heavy (non-hydrogen) atoms. The van der Waals surface area contributed by atoms with Gasteiger partial charge in [-0.2, -0.15) is 0 Å². The second-order valence-electron chi connectivity index (χ2n) is 6.38. The second-order valence-corrected chi connectivity index (χ2v) is 6.79. The molecule has 0 aliphatic carbocycles.